The van der Waals surface area contributed by atoms with Crippen molar-refractivity contribution in [1.82, 2.24) is 19.4 Å². The van der Waals surface area contributed by atoms with Crippen LogP contribution in [0, 0.1) is 0 Å². The van der Waals surface area contributed by atoms with Crippen LogP contribution in [0.2, 0.25) is 10.0 Å². The Bertz CT molecular complexity index is 876. The molecule has 0 atom stereocenters. The molecule has 24 heavy (non-hydrogen) atoms. The second kappa shape index (κ2) is 7.29. The van der Waals surface area contributed by atoms with Gasteiger partial charge in [-0.05, 0) is 29.6 Å². The number of anilines is 1. The van der Waals surface area contributed by atoms with Crippen molar-refractivity contribution in [3.05, 3.63) is 56.6 Å². The molecule has 0 saturated heterocycles. The number of aromatic nitrogens is 4. The van der Waals surface area contributed by atoms with Crippen molar-refractivity contribution in [3.63, 3.8) is 0 Å². The maximum atomic E-state index is 12.4. The topological polar surface area (TPSA) is 72.7 Å². The fraction of sp³-hybridized carbons (Fsp3) is 0.200. The Hall–Kier alpha value is -1.96. The third kappa shape index (κ3) is 3.43. The standard InChI is InChI=1S/C15H13Cl2N5OS/c1-2-11-14(24-21-20-11)15(23)19-12-6-7-18-22(12)8-9-4-3-5-10(16)13(9)17/h3-7H,2,8H2,1H3,(H,19,23). The summed E-state index contributed by atoms with van der Waals surface area (Å²) in [6.07, 6.45) is 2.26. The van der Waals surface area contributed by atoms with Gasteiger partial charge in [-0.15, -0.1) is 5.10 Å². The van der Waals surface area contributed by atoms with Gasteiger partial charge in [0.15, 0.2) is 0 Å². The average Bonchev–Trinajstić information content (AvgIpc) is 3.21. The van der Waals surface area contributed by atoms with Gasteiger partial charge in [0, 0.05) is 6.07 Å². The highest BCUT2D eigenvalue weighted by Gasteiger charge is 2.17. The minimum absolute atomic E-state index is 0.249. The Labute approximate surface area is 152 Å². The minimum atomic E-state index is -0.249. The highest BCUT2D eigenvalue weighted by Crippen LogP contribution is 2.26. The molecule has 1 aromatic carbocycles. The Morgan fingerprint density at radius 3 is 2.96 bits per heavy atom. The summed E-state index contributed by atoms with van der Waals surface area (Å²) in [7, 11) is 0. The van der Waals surface area contributed by atoms with Gasteiger partial charge in [0.1, 0.15) is 10.7 Å². The molecule has 0 radical (unpaired) electrons. The van der Waals surface area contributed by atoms with Crippen molar-refractivity contribution in [2.75, 3.05) is 5.32 Å². The fourth-order valence-electron chi connectivity index (χ4n) is 2.18. The number of benzene rings is 1. The molecule has 6 nitrogen and oxygen atoms in total. The van der Waals surface area contributed by atoms with E-state index in [-0.39, 0.29) is 5.91 Å². The van der Waals surface area contributed by atoms with E-state index in [1.54, 1.807) is 23.0 Å². The monoisotopic (exact) mass is 381 g/mol. The molecule has 0 bridgehead atoms. The smallest absolute Gasteiger partial charge is 0.270 e. The third-order valence-electron chi connectivity index (χ3n) is 3.41. The molecule has 0 saturated carbocycles. The lowest BCUT2D eigenvalue weighted by Gasteiger charge is -2.10. The van der Waals surface area contributed by atoms with Crippen molar-refractivity contribution in [2.24, 2.45) is 0 Å². The largest absolute Gasteiger partial charge is 0.306 e. The van der Waals surface area contributed by atoms with Crippen LogP contribution in [0.15, 0.2) is 30.5 Å². The zero-order chi connectivity index (χ0) is 17.1. The predicted octanol–water partition coefficient (Wildman–Crippen LogP) is 3.90. The summed E-state index contributed by atoms with van der Waals surface area (Å²) in [6.45, 7) is 2.32. The van der Waals surface area contributed by atoms with Crippen LogP contribution >= 0.6 is 34.7 Å². The normalized spacial score (nSPS) is 10.8. The first kappa shape index (κ1) is 16.9. The molecule has 9 heteroatoms. The summed E-state index contributed by atoms with van der Waals surface area (Å²) < 4.78 is 5.48. The number of amides is 1. The van der Waals surface area contributed by atoms with E-state index >= 15 is 0 Å². The van der Waals surface area contributed by atoms with Gasteiger partial charge in [-0.25, -0.2) is 4.68 Å². The Morgan fingerprint density at radius 2 is 2.17 bits per heavy atom. The maximum absolute atomic E-state index is 12.4. The average molecular weight is 382 g/mol. The molecule has 0 fully saturated rings. The maximum Gasteiger partial charge on any atom is 0.270 e. The number of rotatable bonds is 5. The molecule has 1 amide bonds. The van der Waals surface area contributed by atoms with Gasteiger partial charge in [-0.1, -0.05) is 46.7 Å². The SMILES string of the molecule is CCc1nnsc1C(=O)Nc1ccnn1Cc1cccc(Cl)c1Cl. The number of nitrogens with zero attached hydrogens (tertiary/aromatic N) is 4. The molecular formula is C15H13Cl2N5OS. The Balaban J connectivity index is 1.81. The first-order chi connectivity index (χ1) is 11.6. The molecule has 3 aromatic rings. The number of carbonyl (C=O) groups excluding carboxylic acids is 1. The first-order valence-corrected chi connectivity index (χ1v) is 8.70. The molecular weight excluding hydrogens is 369 g/mol. The van der Waals surface area contributed by atoms with Crippen molar-refractivity contribution in [2.45, 2.75) is 19.9 Å². The molecule has 0 unspecified atom stereocenters. The lowest BCUT2D eigenvalue weighted by molar-refractivity contribution is 0.102. The summed E-state index contributed by atoms with van der Waals surface area (Å²) in [5, 5.41) is 12.0. The lowest BCUT2D eigenvalue weighted by atomic mass is 10.2. The van der Waals surface area contributed by atoms with Crippen LogP contribution in [0.1, 0.15) is 27.9 Å². The van der Waals surface area contributed by atoms with E-state index in [1.807, 2.05) is 19.1 Å². The Morgan fingerprint density at radius 1 is 1.33 bits per heavy atom. The van der Waals surface area contributed by atoms with Crippen molar-refractivity contribution >= 4 is 46.5 Å². The molecule has 0 spiro atoms. The summed E-state index contributed by atoms with van der Waals surface area (Å²) >= 11 is 13.3. The van der Waals surface area contributed by atoms with E-state index in [1.165, 1.54) is 0 Å². The summed E-state index contributed by atoms with van der Waals surface area (Å²) in [4.78, 5) is 12.9. The van der Waals surface area contributed by atoms with Crippen molar-refractivity contribution in [1.29, 1.82) is 0 Å². The molecule has 2 heterocycles. The van der Waals surface area contributed by atoms with E-state index in [0.717, 1.165) is 17.1 Å². The van der Waals surface area contributed by atoms with E-state index in [4.69, 9.17) is 23.2 Å². The van der Waals surface area contributed by atoms with Crippen LogP contribution in [0.5, 0.6) is 0 Å². The van der Waals surface area contributed by atoms with Gasteiger partial charge in [-0.2, -0.15) is 5.10 Å². The van der Waals surface area contributed by atoms with Gasteiger partial charge in [-0.3, -0.25) is 4.79 Å². The van der Waals surface area contributed by atoms with Crippen LogP contribution in [0.4, 0.5) is 5.82 Å². The predicted molar refractivity (Wildman–Crippen MR) is 95.0 cm³/mol. The molecule has 0 aliphatic heterocycles. The number of aryl methyl sites for hydroxylation is 1. The van der Waals surface area contributed by atoms with Crippen LogP contribution in [0.3, 0.4) is 0 Å². The second-order valence-electron chi connectivity index (χ2n) is 4.94. The number of carbonyl (C=O) groups is 1. The van der Waals surface area contributed by atoms with Crippen LogP contribution < -0.4 is 5.32 Å². The van der Waals surface area contributed by atoms with Crippen LogP contribution in [-0.4, -0.2) is 25.3 Å². The lowest BCUT2D eigenvalue weighted by Crippen LogP contribution is -2.16. The number of hydrogen-bond acceptors (Lipinski definition) is 5. The summed E-state index contributed by atoms with van der Waals surface area (Å²) in [5.74, 6) is 0.312. The van der Waals surface area contributed by atoms with Gasteiger partial charge < -0.3 is 5.32 Å². The molecule has 2 aromatic heterocycles. The Kier molecular flexibility index (Phi) is 5.13. The zero-order valence-electron chi connectivity index (χ0n) is 12.7. The number of hydrogen-bond donors (Lipinski definition) is 1. The third-order valence-corrected chi connectivity index (χ3v) is 5.03. The zero-order valence-corrected chi connectivity index (χ0v) is 15.0. The van der Waals surface area contributed by atoms with Crippen molar-refractivity contribution < 1.29 is 4.79 Å². The summed E-state index contributed by atoms with van der Waals surface area (Å²) in [5.41, 5.74) is 1.50. The van der Waals surface area contributed by atoms with Crippen molar-refractivity contribution in [3.8, 4) is 0 Å². The summed E-state index contributed by atoms with van der Waals surface area (Å²) in [6, 6.07) is 7.13. The van der Waals surface area contributed by atoms with Crippen LogP contribution in [-0.2, 0) is 13.0 Å². The van der Waals surface area contributed by atoms with Gasteiger partial charge >= 0.3 is 0 Å². The first-order valence-electron chi connectivity index (χ1n) is 7.17. The van der Waals surface area contributed by atoms with E-state index in [0.29, 0.717) is 39.4 Å². The molecule has 1 N–H and O–H groups in total. The molecule has 124 valence electrons. The van der Waals surface area contributed by atoms with Crippen LogP contribution in [0.25, 0.3) is 0 Å². The quantitative estimate of drug-likeness (QED) is 0.726. The molecule has 0 aliphatic rings. The molecule has 3 rings (SSSR count). The van der Waals surface area contributed by atoms with E-state index < -0.39 is 0 Å². The minimum Gasteiger partial charge on any atom is -0.306 e. The van der Waals surface area contributed by atoms with Gasteiger partial charge in [0.05, 0.1) is 28.5 Å². The van der Waals surface area contributed by atoms with Gasteiger partial charge in [0.25, 0.3) is 5.91 Å². The van der Waals surface area contributed by atoms with E-state index in [9.17, 15) is 4.79 Å². The van der Waals surface area contributed by atoms with Gasteiger partial charge in [0.2, 0.25) is 0 Å². The number of halogens is 2. The fourth-order valence-corrected chi connectivity index (χ4v) is 3.21. The van der Waals surface area contributed by atoms with E-state index in [2.05, 4.69) is 20.0 Å². The highest BCUT2D eigenvalue weighted by molar-refractivity contribution is 7.08. The number of nitrogens with one attached hydrogen (secondary N) is 1. The highest BCUT2D eigenvalue weighted by atomic mass is 35.5. The molecule has 0 aliphatic carbocycles. The second-order valence-corrected chi connectivity index (χ2v) is 6.48.